The molecule has 2 N–H and O–H groups in total. The Hall–Kier alpha value is -2.82. The van der Waals surface area contributed by atoms with Crippen molar-refractivity contribution < 1.29 is 19.4 Å². The number of para-hydroxylation sites is 1. The smallest absolute Gasteiger partial charge is 0.335 e. The molecule has 0 saturated carbocycles. The van der Waals surface area contributed by atoms with Crippen LogP contribution >= 0.6 is 0 Å². The van der Waals surface area contributed by atoms with Crippen LogP contribution in [-0.2, 0) is 17.6 Å². The SMILES string of the molecule is O=C(O)c1ccc(CCNC(=O)[C@H]2COc3ccccc3C2)cc1. The number of hydrogen-bond acceptors (Lipinski definition) is 3. The number of rotatable bonds is 5. The van der Waals surface area contributed by atoms with Gasteiger partial charge in [0, 0.05) is 6.54 Å². The van der Waals surface area contributed by atoms with Crippen LogP contribution in [0.25, 0.3) is 0 Å². The Morgan fingerprint density at radius 1 is 1.12 bits per heavy atom. The van der Waals surface area contributed by atoms with Crippen LogP contribution in [0.5, 0.6) is 5.75 Å². The first-order chi connectivity index (χ1) is 11.6. The van der Waals surface area contributed by atoms with E-state index in [1.54, 1.807) is 24.3 Å². The van der Waals surface area contributed by atoms with E-state index in [0.717, 1.165) is 16.9 Å². The third-order valence-corrected chi connectivity index (χ3v) is 4.16. The highest BCUT2D eigenvalue weighted by molar-refractivity contribution is 5.87. The summed E-state index contributed by atoms with van der Waals surface area (Å²) in [5, 5.41) is 11.8. The number of benzene rings is 2. The topological polar surface area (TPSA) is 75.6 Å². The van der Waals surface area contributed by atoms with Gasteiger partial charge in [-0.15, -0.1) is 0 Å². The van der Waals surface area contributed by atoms with Gasteiger partial charge in [0.25, 0.3) is 0 Å². The van der Waals surface area contributed by atoms with Crippen molar-refractivity contribution >= 4 is 11.9 Å². The predicted molar refractivity (Wildman–Crippen MR) is 89.2 cm³/mol. The van der Waals surface area contributed by atoms with E-state index >= 15 is 0 Å². The molecule has 3 rings (SSSR count). The maximum Gasteiger partial charge on any atom is 0.335 e. The molecule has 5 nitrogen and oxygen atoms in total. The highest BCUT2D eigenvalue weighted by Gasteiger charge is 2.25. The molecular formula is C19H19NO4. The van der Waals surface area contributed by atoms with Crippen LogP contribution in [0.15, 0.2) is 48.5 Å². The number of fused-ring (bicyclic) bond motifs is 1. The molecule has 1 atom stereocenters. The normalized spacial score (nSPS) is 15.9. The highest BCUT2D eigenvalue weighted by atomic mass is 16.5. The van der Waals surface area contributed by atoms with E-state index in [1.165, 1.54) is 0 Å². The molecule has 2 aromatic rings. The number of ether oxygens (including phenoxy) is 1. The van der Waals surface area contributed by atoms with Crippen LogP contribution < -0.4 is 10.1 Å². The lowest BCUT2D eigenvalue weighted by molar-refractivity contribution is -0.126. The Morgan fingerprint density at radius 3 is 2.62 bits per heavy atom. The van der Waals surface area contributed by atoms with Gasteiger partial charge in [0.1, 0.15) is 12.4 Å². The van der Waals surface area contributed by atoms with E-state index in [0.29, 0.717) is 26.0 Å². The van der Waals surface area contributed by atoms with Crippen LogP contribution in [-0.4, -0.2) is 30.1 Å². The summed E-state index contributed by atoms with van der Waals surface area (Å²) in [6, 6.07) is 14.5. The van der Waals surface area contributed by atoms with E-state index in [4.69, 9.17) is 9.84 Å². The minimum absolute atomic E-state index is 0.00772. The maximum absolute atomic E-state index is 12.3. The largest absolute Gasteiger partial charge is 0.492 e. The van der Waals surface area contributed by atoms with Crippen LogP contribution in [0, 0.1) is 5.92 Å². The van der Waals surface area contributed by atoms with E-state index in [1.807, 2.05) is 24.3 Å². The summed E-state index contributed by atoms with van der Waals surface area (Å²) in [5.74, 6) is -0.256. The van der Waals surface area contributed by atoms with E-state index in [2.05, 4.69) is 5.32 Å². The number of nitrogens with one attached hydrogen (secondary N) is 1. The second kappa shape index (κ2) is 7.17. The quantitative estimate of drug-likeness (QED) is 0.884. The Morgan fingerprint density at radius 2 is 1.88 bits per heavy atom. The zero-order chi connectivity index (χ0) is 16.9. The zero-order valence-corrected chi connectivity index (χ0v) is 13.2. The Bertz CT molecular complexity index is 739. The Kier molecular flexibility index (Phi) is 4.79. The number of amides is 1. The van der Waals surface area contributed by atoms with Crippen molar-refractivity contribution in [3.63, 3.8) is 0 Å². The number of carbonyl (C=O) groups is 2. The first-order valence-electron chi connectivity index (χ1n) is 7.94. The average Bonchev–Trinajstić information content (AvgIpc) is 2.61. The van der Waals surface area contributed by atoms with Crippen LogP contribution in [0.4, 0.5) is 0 Å². The predicted octanol–water partition coefficient (Wildman–Crippen LogP) is 2.29. The van der Waals surface area contributed by atoms with Crippen molar-refractivity contribution in [2.24, 2.45) is 5.92 Å². The molecular weight excluding hydrogens is 306 g/mol. The monoisotopic (exact) mass is 325 g/mol. The molecule has 1 heterocycles. The van der Waals surface area contributed by atoms with E-state index in [-0.39, 0.29) is 17.4 Å². The summed E-state index contributed by atoms with van der Waals surface area (Å²) >= 11 is 0. The van der Waals surface area contributed by atoms with Crippen LogP contribution in [0.3, 0.4) is 0 Å². The fraction of sp³-hybridized carbons (Fsp3) is 0.263. The zero-order valence-electron chi connectivity index (χ0n) is 13.2. The van der Waals surface area contributed by atoms with Crippen molar-refractivity contribution in [2.75, 3.05) is 13.2 Å². The number of carboxylic acid groups (broad SMARTS) is 1. The molecule has 0 saturated heterocycles. The lowest BCUT2D eigenvalue weighted by Gasteiger charge is -2.24. The first kappa shape index (κ1) is 16.1. The van der Waals surface area contributed by atoms with Gasteiger partial charge in [-0.1, -0.05) is 30.3 Å². The van der Waals surface area contributed by atoms with Crippen molar-refractivity contribution in [1.29, 1.82) is 0 Å². The number of carboxylic acids is 1. The molecule has 1 amide bonds. The van der Waals surface area contributed by atoms with E-state index in [9.17, 15) is 9.59 Å². The van der Waals surface area contributed by atoms with Gasteiger partial charge >= 0.3 is 5.97 Å². The number of carbonyl (C=O) groups excluding carboxylic acids is 1. The second-order valence-electron chi connectivity index (χ2n) is 5.86. The summed E-state index contributed by atoms with van der Waals surface area (Å²) in [4.78, 5) is 23.1. The molecule has 24 heavy (non-hydrogen) atoms. The van der Waals surface area contributed by atoms with Gasteiger partial charge in [-0.2, -0.15) is 0 Å². The lowest BCUT2D eigenvalue weighted by atomic mass is 9.96. The highest BCUT2D eigenvalue weighted by Crippen LogP contribution is 2.26. The summed E-state index contributed by atoms with van der Waals surface area (Å²) in [6.07, 6.45) is 1.35. The second-order valence-corrected chi connectivity index (χ2v) is 5.86. The van der Waals surface area contributed by atoms with Crippen LogP contribution in [0.1, 0.15) is 21.5 Å². The fourth-order valence-corrected chi connectivity index (χ4v) is 2.78. The van der Waals surface area contributed by atoms with Crippen molar-refractivity contribution in [2.45, 2.75) is 12.8 Å². The summed E-state index contributed by atoms with van der Waals surface area (Å²) in [6.45, 7) is 0.916. The van der Waals surface area contributed by atoms with Gasteiger partial charge in [0.2, 0.25) is 5.91 Å². The molecule has 0 aromatic heterocycles. The summed E-state index contributed by atoms with van der Waals surface area (Å²) < 4.78 is 5.64. The van der Waals surface area contributed by atoms with Gasteiger partial charge in [0.15, 0.2) is 0 Å². The van der Waals surface area contributed by atoms with Crippen molar-refractivity contribution in [3.05, 3.63) is 65.2 Å². The third kappa shape index (κ3) is 3.74. The number of aromatic carboxylic acids is 1. The lowest BCUT2D eigenvalue weighted by Crippen LogP contribution is -2.38. The minimum Gasteiger partial charge on any atom is -0.492 e. The summed E-state index contributed by atoms with van der Waals surface area (Å²) in [7, 11) is 0. The fourth-order valence-electron chi connectivity index (χ4n) is 2.78. The van der Waals surface area contributed by atoms with E-state index < -0.39 is 5.97 Å². The van der Waals surface area contributed by atoms with Gasteiger partial charge in [-0.05, 0) is 42.2 Å². The molecule has 1 aliphatic rings. The molecule has 0 aliphatic carbocycles. The van der Waals surface area contributed by atoms with Crippen molar-refractivity contribution in [1.82, 2.24) is 5.32 Å². The molecule has 0 bridgehead atoms. The third-order valence-electron chi connectivity index (χ3n) is 4.16. The molecule has 1 aliphatic heterocycles. The van der Waals surface area contributed by atoms with Gasteiger partial charge in [-0.3, -0.25) is 4.79 Å². The standard InChI is InChI=1S/C19H19NO4/c21-18(16-11-15-3-1-2-4-17(15)24-12-16)20-10-9-13-5-7-14(8-6-13)19(22)23/h1-8,16H,9-12H2,(H,20,21)(H,22,23)/t16-/m1/s1. The van der Waals surface area contributed by atoms with Gasteiger partial charge in [-0.25, -0.2) is 4.79 Å². The summed E-state index contributed by atoms with van der Waals surface area (Å²) in [5.41, 5.74) is 2.32. The molecule has 0 spiro atoms. The molecule has 0 fully saturated rings. The van der Waals surface area contributed by atoms with Gasteiger partial charge in [0.05, 0.1) is 11.5 Å². The van der Waals surface area contributed by atoms with Gasteiger partial charge < -0.3 is 15.2 Å². The molecule has 124 valence electrons. The Balaban J connectivity index is 1.49. The molecule has 5 heteroatoms. The average molecular weight is 325 g/mol. The van der Waals surface area contributed by atoms with Crippen molar-refractivity contribution in [3.8, 4) is 5.75 Å². The molecule has 0 radical (unpaired) electrons. The Labute approximate surface area is 140 Å². The maximum atomic E-state index is 12.3. The first-order valence-corrected chi connectivity index (χ1v) is 7.94. The van der Waals surface area contributed by atoms with Crippen LogP contribution in [0.2, 0.25) is 0 Å². The minimum atomic E-state index is -0.938. The molecule has 0 unspecified atom stereocenters. The number of hydrogen-bond donors (Lipinski definition) is 2. The molecule has 2 aromatic carbocycles.